The van der Waals surface area contributed by atoms with Gasteiger partial charge in [0.15, 0.2) is 0 Å². The third-order valence-corrected chi connectivity index (χ3v) is 4.98. The first-order chi connectivity index (χ1) is 14.4. The number of amides is 2. The van der Waals surface area contributed by atoms with E-state index in [4.69, 9.17) is 9.47 Å². The van der Waals surface area contributed by atoms with E-state index in [1.165, 1.54) is 12.7 Å². The van der Waals surface area contributed by atoms with Gasteiger partial charge >= 0.3 is 11.9 Å². The Morgan fingerprint density at radius 1 is 0.967 bits per heavy atom. The third-order valence-electron chi connectivity index (χ3n) is 3.80. The number of esters is 2. The summed E-state index contributed by atoms with van der Waals surface area (Å²) in [6, 6.07) is 9.67. The SMILES string of the molecule is CCOC(=O)CNC(=O)CNC(=O)CNC(CSCc1ccccc1)CC(=O)OC. The van der Waals surface area contributed by atoms with Crippen LogP contribution in [0.3, 0.4) is 0 Å². The maximum atomic E-state index is 12.0. The minimum atomic E-state index is -0.544. The van der Waals surface area contributed by atoms with E-state index in [-0.39, 0.29) is 44.7 Å². The van der Waals surface area contributed by atoms with Crippen LogP contribution in [0.5, 0.6) is 0 Å². The van der Waals surface area contributed by atoms with Crippen molar-refractivity contribution in [3.63, 3.8) is 0 Å². The minimum absolute atomic E-state index is 0.0568. The first-order valence-corrected chi connectivity index (χ1v) is 10.7. The molecule has 1 unspecified atom stereocenters. The van der Waals surface area contributed by atoms with Crippen LogP contribution in [-0.4, -0.2) is 68.9 Å². The number of benzene rings is 1. The normalized spacial score (nSPS) is 11.3. The number of carbonyl (C=O) groups is 4. The van der Waals surface area contributed by atoms with Gasteiger partial charge in [-0.2, -0.15) is 11.8 Å². The van der Waals surface area contributed by atoms with E-state index in [1.54, 1.807) is 18.7 Å². The van der Waals surface area contributed by atoms with E-state index in [0.717, 1.165) is 5.75 Å². The maximum Gasteiger partial charge on any atom is 0.325 e. The van der Waals surface area contributed by atoms with Crippen LogP contribution in [0, 0.1) is 0 Å². The number of hydrogen-bond donors (Lipinski definition) is 3. The van der Waals surface area contributed by atoms with Crippen molar-refractivity contribution in [2.75, 3.05) is 39.1 Å². The molecule has 0 bridgehead atoms. The number of methoxy groups -OCH3 is 1. The van der Waals surface area contributed by atoms with Crippen molar-refractivity contribution in [3.8, 4) is 0 Å². The van der Waals surface area contributed by atoms with Gasteiger partial charge in [0.05, 0.1) is 33.2 Å². The van der Waals surface area contributed by atoms with Crippen molar-refractivity contribution < 1.29 is 28.7 Å². The summed E-state index contributed by atoms with van der Waals surface area (Å²) >= 11 is 1.64. The standard InChI is InChI=1S/C20H29N3O6S/c1-3-29-20(27)12-23-18(25)11-22-17(24)10-21-16(9-19(26)28-2)14-30-13-15-7-5-4-6-8-15/h4-8,16,21H,3,9-14H2,1-2H3,(H,22,24)(H,23,25). The van der Waals surface area contributed by atoms with Crippen molar-refractivity contribution in [1.82, 2.24) is 16.0 Å². The minimum Gasteiger partial charge on any atom is -0.469 e. The highest BCUT2D eigenvalue weighted by molar-refractivity contribution is 7.98. The second-order valence-electron chi connectivity index (χ2n) is 6.22. The summed E-state index contributed by atoms with van der Waals surface area (Å²) in [5.41, 5.74) is 1.17. The predicted molar refractivity (Wildman–Crippen MR) is 114 cm³/mol. The molecule has 1 atom stereocenters. The van der Waals surface area contributed by atoms with E-state index in [1.807, 2.05) is 30.3 Å². The van der Waals surface area contributed by atoms with Crippen molar-refractivity contribution in [2.24, 2.45) is 0 Å². The maximum absolute atomic E-state index is 12.0. The molecule has 9 nitrogen and oxygen atoms in total. The quantitative estimate of drug-likeness (QED) is 0.352. The van der Waals surface area contributed by atoms with Gasteiger partial charge in [-0.05, 0) is 12.5 Å². The number of hydrogen-bond acceptors (Lipinski definition) is 8. The van der Waals surface area contributed by atoms with Crippen LogP contribution >= 0.6 is 11.8 Å². The van der Waals surface area contributed by atoms with Crippen LogP contribution < -0.4 is 16.0 Å². The molecule has 0 aliphatic rings. The lowest BCUT2D eigenvalue weighted by Gasteiger charge is -2.17. The van der Waals surface area contributed by atoms with Crippen molar-refractivity contribution >= 4 is 35.5 Å². The lowest BCUT2D eigenvalue weighted by Crippen LogP contribution is -2.45. The smallest absolute Gasteiger partial charge is 0.325 e. The highest BCUT2D eigenvalue weighted by atomic mass is 32.2. The topological polar surface area (TPSA) is 123 Å². The summed E-state index contributed by atoms with van der Waals surface area (Å²) in [5.74, 6) is -0.418. The van der Waals surface area contributed by atoms with E-state index < -0.39 is 17.8 Å². The van der Waals surface area contributed by atoms with Gasteiger partial charge in [-0.15, -0.1) is 0 Å². The zero-order chi connectivity index (χ0) is 22.2. The predicted octanol–water partition coefficient (Wildman–Crippen LogP) is 0.237. The van der Waals surface area contributed by atoms with E-state index in [2.05, 4.69) is 16.0 Å². The number of carbonyl (C=O) groups excluding carboxylic acids is 4. The first-order valence-electron chi connectivity index (χ1n) is 9.55. The van der Waals surface area contributed by atoms with Crippen molar-refractivity contribution in [3.05, 3.63) is 35.9 Å². The molecule has 1 aromatic carbocycles. The Morgan fingerprint density at radius 3 is 2.30 bits per heavy atom. The lowest BCUT2D eigenvalue weighted by molar-refractivity contribution is -0.143. The molecule has 166 valence electrons. The molecule has 0 saturated carbocycles. The van der Waals surface area contributed by atoms with Gasteiger partial charge in [-0.1, -0.05) is 30.3 Å². The Kier molecular flexibility index (Phi) is 13.0. The van der Waals surface area contributed by atoms with Gasteiger partial charge in [0.25, 0.3) is 0 Å². The zero-order valence-electron chi connectivity index (χ0n) is 17.3. The third kappa shape index (κ3) is 12.1. The molecule has 0 aromatic heterocycles. The fourth-order valence-electron chi connectivity index (χ4n) is 2.29. The number of nitrogens with one attached hydrogen (secondary N) is 3. The van der Waals surface area contributed by atoms with Crippen LogP contribution in [0.2, 0.25) is 0 Å². The van der Waals surface area contributed by atoms with E-state index in [9.17, 15) is 19.2 Å². The van der Waals surface area contributed by atoms with Crippen molar-refractivity contribution in [1.29, 1.82) is 0 Å². The molecule has 0 heterocycles. The highest BCUT2D eigenvalue weighted by Gasteiger charge is 2.16. The molecule has 0 radical (unpaired) electrons. The number of thioether (sulfide) groups is 1. The summed E-state index contributed by atoms with van der Waals surface area (Å²) in [6.07, 6.45) is 0.131. The molecule has 2 amide bonds. The van der Waals surface area contributed by atoms with Gasteiger partial charge in [0, 0.05) is 17.5 Å². The Labute approximate surface area is 180 Å². The van der Waals surface area contributed by atoms with Crippen LogP contribution in [-0.2, 0) is 34.4 Å². The first kappa shape index (κ1) is 25.4. The second-order valence-corrected chi connectivity index (χ2v) is 7.25. The fourth-order valence-corrected chi connectivity index (χ4v) is 3.36. The van der Waals surface area contributed by atoms with Crippen LogP contribution in [0.1, 0.15) is 18.9 Å². The Hall–Kier alpha value is -2.59. The van der Waals surface area contributed by atoms with Crippen molar-refractivity contribution in [2.45, 2.75) is 25.1 Å². The molecule has 10 heteroatoms. The largest absolute Gasteiger partial charge is 0.469 e. The van der Waals surface area contributed by atoms with Crippen LogP contribution in [0.4, 0.5) is 0 Å². The van der Waals surface area contributed by atoms with Gasteiger partial charge in [-0.3, -0.25) is 19.2 Å². The summed E-state index contributed by atoms with van der Waals surface area (Å²) in [7, 11) is 1.32. The molecule has 30 heavy (non-hydrogen) atoms. The van der Waals surface area contributed by atoms with Crippen LogP contribution in [0.15, 0.2) is 30.3 Å². The second kappa shape index (κ2) is 15.3. The molecular formula is C20H29N3O6S. The Bertz CT molecular complexity index is 686. The Morgan fingerprint density at radius 2 is 1.63 bits per heavy atom. The molecule has 0 aliphatic heterocycles. The molecule has 1 aromatic rings. The fraction of sp³-hybridized carbons (Fsp3) is 0.500. The van der Waals surface area contributed by atoms with E-state index in [0.29, 0.717) is 5.75 Å². The summed E-state index contributed by atoms with van der Waals surface area (Å²) in [6.45, 7) is 1.33. The molecule has 0 fully saturated rings. The average molecular weight is 440 g/mol. The molecule has 1 rings (SSSR count). The monoisotopic (exact) mass is 439 g/mol. The molecule has 0 aliphatic carbocycles. The number of ether oxygens (including phenoxy) is 2. The molecule has 0 spiro atoms. The Balaban J connectivity index is 2.34. The summed E-state index contributed by atoms with van der Waals surface area (Å²) in [5, 5.41) is 7.83. The van der Waals surface area contributed by atoms with Gasteiger partial charge in [0.2, 0.25) is 11.8 Å². The molecule has 3 N–H and O–H groups in total. The molecule has 0 saturated heterocycles. The van der Waals surface area contributed by atoms with Gasteiger partial charge < -0.3 is 25.4 Å². The summed E-state index contributed by atoms with van der Waals surface area (Å²) < 4.78 is 9.41. The molecular weight excluding hydrogens is 410 g/mol. The highest BCUT2D eigenvalue weighted by Crippen LogP contribution is 2.14. The van der Waals surface area contributed by atoms with Gasteiger partial charge in [0.1, 0.15) is 6.54 Å². The average Bonchev–Trinajstić information content (AvgIpc) is 2.75. The van der Waals surface area contributed by atoms with Crippen LogP contribution in [0.25, 0.3) is 0 Å². The summed E-state index contributed by atoms with van der Waals surface area (Å²) in [4.78, 5) is 46.4. The zero-order valence-corrected chi connectivity index (χ0v) is 18.1. The van der Waals surface area contributed by atoms with Gasteiger partial charge in [-0.25, -0.2) is 0 Å². The van der Waals surface area contributed by atoms with E-state index >= 15 is 0 Å². The number of rotatable bonds is 14. The lowest BCUT2D eigenvalue weighted by atomic mass is 10.2.